The summed E-state index contributed by atoms with van der Waals surface area (Å²) in [5, 5.41) is 2.61. The molecule has 0 aromatic heterocycles. The van der Waals surface area contributed by atoms with E-state index in [0.717, 1.165) is 0 Å². The number of aliphatic imine (C=N–C) groups is 2. The molecule has 27 heavy (non-hydrogen) atoms. The van der Waals surface area contributed by atoms with Gasteiger partial charge in [-0.05, 0) is 48.5 Å². The number of rotatable bonds is 5. The largest absolute Gasteiger partial charge is 0.497 e. The normalized spacial score (nSPS) is 18.9. The van der Waals surface area contributed by atoms with Crippen molar-refractivity contribution < 1.29 is 13.9 Å². The molecule has 0 bridgehead atoms. The average Bonchev–Trinajstić information content (AvgIpc) is 3.00. The first-order valence-electron chi connectivity index (χ1n) is 7.81. The lowest BCUT2D eigenvalue weighted by molar-refractivity contribution is 0.0928. The van der Waals surface area contributed by atoms with E-state index in [1.807, 2.05) is 0 Å². The third-order valence-electron chi connectivity index (χ3n) is 3.97. The number of carbonyl (C=O) groups excluding carboxylic acids is 1. The maximum atomic E-state index is 13.1. The molecule has 0 saturated heterocycles. The SMILES string of the molecule is COc1ccc(C2=N[C@@](NC(=O)c3ccc(F)cc3)(C(Cl)Cl)C(N)=N2)cc1. The molecule has 0 fully saturated rings. The minimum atomic E-state index is -1.64. The zero-order valence-corrected chi connectivity index (χ0v) is 15.6. The number of hydrogen-bond acceptors (Lipinski definition) is 5. The topological polar surface area (TPSA) is 89.1 Å². The number of amidine groups is 2. The van der Waals surface area contributed by atoms with Crippen LogP contribution in [-0.2, 0) is 0 Å². The molecule has 6 nitrogen and oxygen atoms in total. The number of nitrogens with zero attached hydrogens (tertiary/aromatic N) is 2. The van der Waals surface area contributed by atoms with Crippen molar-refractivity contribution in [1.29, 1.82) is 0 Å². The second-order valence-corrected chi connectivity index (χ2v) is 6.79. The van der Waals surface area contributed by atoms with Crippen molar-refractivity contribution in [2.45, 2.75) is 10.5 Å². The van der Waals surface area contributed by atoms with Crippen LogP contribution in [0.15, 0.2) is 58.5 Å². The highest BCUT2D eigenvalue weighted by Crippen LogP contribution is 2.29. The predicted molar refractivity (Wildman–Crippen MR) is 103 cm³/mol. The minimum absolute atomic E-state index is 0.0567. The van der Waals surface area contributed by atoms with Gasteiger partial charge in [-0.15, -0.1) is 0 Å². The first kappa shape index (κ1) is 19.1. The third-order valence-corrected chi connectivity index (χ3v) is 4.61. The number of ether oxygens (including phenoxy) is 1. The van der Waals surface area contributed by atoms with Crippen LogP contribution in [0.3, 0.4) is 0 Å². The number of carbonyl (C=O) groups is 1. The highest BCUT2D eigenvalue weighted by atomic mass is 35.5. The number of methoxy groups -OCH3 is 1. The van der Waals surface area contributed by atoms with Gasteiger partial charge in [0.1, 0.15) is 11.6 Å². The Morgan fingerprint density at radius 3 is 2.37 bits per heavy atom. The van der Waals surface area contributed by atoms with Crippen LogP contribution in [0, 0.1) is 5.82 Å². The molecule has 0 unspecified atom stereocenters. The number of nitrogens with one attached hydrogen (secondary N) is 1. The van der Waals surface area contributed by atoms with E-state index in [1.54, 1.807) is 31.4 Å². The summed E-state index contributed by atoms with van der Waals surface area (Å²) >= 11 is 12.2. The van der Waals surface area contributed by atoms with E-state index in [-0.39, 0.29) is 17.2 Å². The third kappa shape index (κ3) is 3.74. The fraction of sp³-hybridized carbons (Fsp3) is 0.167. The number of alkyl halides is 2. The average molecular weight is 409 g/mol. The molecule has 140 valence electrons. The summed E-state index contributed by atoms with van der Waals surface area (Å²) in [6.45, 7) is 0. The first-order chi connectivity index (χ1) is 12.9. The van der Waals surface area contributed by atoms with Crippen LogP contribution >= 0.6 is 23.2 Å². The van der Waals surface area contributed by atoms with Gasteiger partial charge in [-0.25, -0.2) is 14.4 Å². The molecule has 1 heterocycles. The van der Waals surface area contributed by atoms with E-state index in [0.29, 0.717) is 11.3 Å². The molecule has 0 aliphatic carbocycles. The van der Waals surface area contributed by atoms with Gasteiger partial charge in [0.25, 0.3) is 5.91 Å². The van der Waals surface area contributed by atoms with Crippen LogP contribution in [0.4, 0.5) is 4.39 Å². The van der Waals surface area contributed by atoms with Crippen molar-refractivity contribution in [3.63, 3.8) is 0 Å². The van der Waals surface area contributed by atoms with Gasteiger partial charge in [-0.3, -0.25) is 4.79 Å². The molecule has 3 N–H and O–H groups in total. The monoisotopic (exact) mass is 408 g/mol. The summed E-state index contributed by atoms with van der Waals surface area (Å²) in [6, 6.07) is 11.9. The highest BCUT2D eigenvalue weighted by molar-refractivity contribution is 6.47. The molecule has 3 rings (SSSR count). The molecular formula is C18H15Cl2FN4O2. The summed E-state index contributed by atoms with van der Waals surface area (Å²) in [4.78, 5) is 19.9. The molecule has 1 aliphatic heterocycles. The standard InChI is InChI=1S/C18H15Cl2FN4O2/c1-27-13-8-4-10(5-9-13)14-23-17(22)18(24-14,16(19)20)25-15(26)11-2-6-12(21)7-3-11/h2-9,16H,1H3,(H,25,26)(H2,22,23,24)/t18-/m1/s1. The summed E-state index contributed by atoms with van der Waals surface area (Å²) < 4.78 is 18.2. The van der Waals surface area contributed by atoms with Crippen LogP contribution in [-0.4, -0.2) is 35.2 Å². The van der Waals surface area contributed by atoms with Crippen molar-refractivity contribution in [3.8, 4) is 5.75 Å². The molecule has 0 radical (unpaired) electrons. The van der Waals surface area contributed by atoms with Crippen LogP contribution in [0.25, 0.3) is 0 Å². The number of nitrogens with two attached hydrogens (primary N) is 1. The lowest BCUT2D eigenvalue weighted by atomic mass is 10.1. The van der Waals surface area contributed by atoms with Crippen molar-refractivity contribution in [2.24, 2.45) is 15.7 Å². The Morgan fingerprint density at radius 1 is 1.19 bits per heavy atom. The summed E-state index contributed by atoms with van der Waals surface area (Å²) in [5.41, 5.74) is 5.23. The Labute approximate surface area is 164 Å². The molecule has 1 aliphatic rings. The van der Waals surface area contributed by atoms with Crippen LogP contribution in [0.5, 0.6) is 5.75 Å². The lowest BCUT2D eigenvalue weighted by Crippen LogP contribution is -2.59. The number of benzene rings is 2. The summed E-state index contributed by atoms with van der Waals surface area (Å²) in [6.07, 6.45) is 0. The zero-order valence-electron chi connectivity index (χ0n) is 14.1. The molecular weight excluding hydrogens is 394 g/mol. The fourth-order valence-electron chi connectivity index (χ4n) is 2.47. The maximum absolute atomic E-state index is 13.1. The van der Waals surface area contributed by atoms with Gasteiger partial charge in [0.15, 0.2) is 16.5 Å². The minimum Gasteiger partial charge on any atom is -0.497 e. The lowest BCUT2D eigenvalue weighted by Gasteiger charge is -2.28. The number of halogens is 3. The van der Waals surface area contributed by atoms with Crippen molar-refractivity contribution in [1.82, 2.24) is 5.32 Å². The van der Waals surface area contributed by atoms with Crippen LogP contribution in [0.1, 0.15) is 15.9 Å². The highest BCUT2D eigenvalue weighted by Gasteiger charge is 2.46. The second kappa shape index (κ2) is 7.54. The van der Waals surface area contributed by atoms with Crippen LogP contribution < -0.4 is 15.8 Å². The maximum Gasteiger partial charge on any atom is 0.253 e. The van der Waals surface area contributed by atoms with E-state index in [2.05, 4.69) is 15.3 Å². The molecule has 1 atom stereocenters. The smallest absolute Gasteiger partial charge is 0.253 e. The Hall–Kier alpha value is -2.64. The second-order valence-electron chi connectivity index (χ2n) is 5.69. The Kier molecular flexibility index (Phi) is 5.34. The van der Waals surface area contributed by atoms with E-state index in [9.17, 15) is 9.18 Å². The summed E-state index contributed by atoms with van der Waals surface area (Å²) in [5.74, 6) is -0.160. The predicted octanol–water partition coefficient (Wildman–Crippen LogP) is 2.88. The Bertz CT molecular complexity index is 914. The van der Waals surface area contributed by atoms with Gasteiger partial charge in [0.2, 0.25) is 5.66 Å². The van der Waals surface area contributed by atoms with Gasteiger partial charge in [-0.1, -0.05) is 23.2 Å². The molecule has 0 saturated carbocycles. The Morgan fingerprint density at radius 2 is 1.81 bits per heavy atom. The van der Waals surface area contributed by atoms with E-state index >= 15 is 0 Å². The van der Waals surface area contributed by atoms with Gasteiger partial charge in [0.05, 0.1) is 7.11 Å². The number of amides is 1. The van der Waals surface area contributed by atoms with Crippen molar-refractivity contribution in [3.05, 3.63) is 65.5 Å². The van der Waals surface area contributed by atoms with E-state index < -0.39 is 22.2 Å². The molecule has 2 aromatic rings. The molecule has 9 heteroatoms. The van der Waals surface area contributed by atoms with Gasteiger partial charge < -0.3 is 15.8 Å². The Balaban J connectivity index is 1.93. The van der Waals surface area contributed by atoms with E-state index in [4.69, 9.17) is 33.7 Å². The molecule has 1 amide bonds. The zero-order chi connectivity index (χ0) is 19.6. The van der Waals surface area contributed by atoms with Crippen molar-refractivity contribution >= 4 is 40.8 Å². The first-order valence-corrected chi connectivity index (χ1v) is 8.68. The van der Waals surface area contributed by atoms with Gasteiger partial charge in [-0.2, -0.15) is 0 Å². The van der Waals surface area contributed by atoms with Gasteiger partial charge >= 0.3 is 0 Å². The molecule has 2 aromatic carbocycles. The summed E-state index contributed by atoms with van der Waals surface area (Å²) in [7, 11) is 1.56. The molecule has 0 spiro atoms. The number of hydrogen-bond donors (Lipinski definition) is 2. The van der Waals surface area contributed by atoms with Crippen molar-refractivity contribution in [2.75, 3.05) is 7.11 Å². The fourth-order valence-corrected chi connectivity index (χ4v) is 2.90. The van der Waals surface area contributed by atoms with Crippen LogP contribution in [0.2, 0.25) is 0 Å². The van der Waals surface area contributed by atoms with Gasteiger partial charge in [0, 0.05) is 11.1 Å². The van der Waals surface area contributed by atoms with E-state index in [1.165, 1.54) is 24.3 Å². The quantitative estimate of drug-likeness (QED) is 0.745.